The van der Waals surface area contributed by atoms with Crippen molar-refractivity contribution in [3.05, 3.63) is 63.1 Å². The van der Waals surface area contributed by atoms with Gasteiger partial charge in [-0.05, 0) is 37.6 Å². The Hall–Kier alpha value is -2.75. The highest BCUT2D eigenvalue weighted by atomic mass is 35.5. The second kappa shape index (κ2) is 9.84. The number of nitrogens with zero attached hydrogens (tertiary/aromatic N) is 4. The van der Waals surface area contributed by atoms with E-state index < -0.39 is 0 Å². The van der Waals surface area contributed by atoms with Gasteiger partial charge < -0.3 is 11.2 Å². The van der Waals surface area contributed by atoms with Crippen LogP contribution in [0, 0.1) is 13.8 Å². The summed E-state index contributed by atoms with van der Waals surface area (Å²) in [5, 5.41) is 16.2. The van der Waals surface area contributed by atoms with Crippen LogP contribution in [0.2, 0.25) is 10.0 Å². The molecule has 2 aromatic carbocycles. The lowest BCUT2D eigenvalue weighted by Gasteiger charge is -2.09. The van der Waals surface area contributed by atoms with Crippen LogP contribution >= 0.6 is 35.0 Å². The molecule has 11 heteroatoms. The summed E-state index contributed by atoms with van der Waals surface area (Å²) >= 11 is 13.1. The second-order valence-corrected chi connectivity index (χ2v) is 8.15. The van der Waals surface area contributed by atoms with Crippen molar-refractivity contribution in [1.29, 1.82) is 0 Å². The van der Waals surface area contributed by atoms with Crippen LogP contribution in [0.15, 0.2) is 46.7 Å². The largest absolute Gasteiger partial charge is 0.334 e. The van der Waals surface area contributed by atoms with Crippen LogP contribution in [0.3, 0.4) is 0 Å². The molecule has 0 unspecified atom stereocenters. The molecule has 0 aliphatic rings. The van der Waals surface area contributed by atoms with Gasteiger partial charge in [-0.2, -0.15) is 5.10 Å². The maximum absolute atomic E-state index is 12.2. The molecule has 0 fully saturated rings. The van der Waals surface area contributed by atoms with E-state index in [1.54, 1.807) is 18.2 Å². The quantitative estimate of drug-likeness (QED) is 0.210. The van der Waals surface area contributed by atoms with E-state index >= 15 is 0 Å². The number of amides is 1. The smallest absolute Gasteiger partial charge is 0.264 e. The van der Waals surface area contributed by atoms with Crippen molar-refractivity contribution in [1.82, 2.24) is 14.9 Å². The molecule has 0 aliphatic heterocycles. The number of aryl methyl sites for hydroxylation is 2. The van der Waals surface area contributed by atoms with E-state index in [2.05, 4.69) is 26.0 Å². The van der Waals surface area contributed by atoms with Crippen LogP contribution < -0.4 is 16.6 Å². The van der Waals surface area contributed by atoms with Crippen LogP contribution in [0.25, 0.3) is 0 Å². The van der Waals surface area contributed by atoms with Gasteiger partial charge in [0.05, 0.1) is 17.0 Å². The Morgan fingerprint density at radius 3 is 2.77 bits per heavy atom. The molecule has 30 heavy (non-hydrogen) atoms. The van der Waals surface area contributed by atoms with Crippen molar-refractivity contribution in [3.8, 4) is 0 Å². The highest BCUT2D eigenvalue weighted by molar-refractivity contribution is 7.99. The Balaban J connectivity index is 1.55. The first kappa shape index (κ1) is 21.9. The number of anilines is 2. The van der Waals surface area contributed by atoms with Crippen molar-refractivity contribution in [2.75, 3.05) is 22.3 Å². The molecule has 0 saturated carbocycles. The number of hydrogen-bond acceptors (Lipinski definition) is 7. The van der Waals surface area contributed by atoms with E-state index in [1.165, 1.54) is 10.9 Å². The number of halogens is 2. The molecule has 156 valence electrons. The average molecular weight is 464 g/mol. The van der Waals surface area contributed by atoms with E-state index in [4.69, 9.17) is 29.0 Å². The number of hydrazone groups is 1. The summed E-state index contributed by atoms with van der Waals surface area (Å²) in [6, 6.07) is 10.9. The molecule has 0 spiro atoms. The zero-order chi connectivity index (χ0) is 21.7. The minimum absolute atomic E-state index is 0.131. The van der Waals surface area contributed by atoms with Crippen molar-refractivity contribution in [2.45, 2.75) is 19.0 Å². The van der Waals surface area contributed by atoms with Crippen LogP contribution in [-0.4, -0.2) is 32.7 Å². The minimum Gasteiger partial charge on any atom is -0.334 e. The van der Waals surface area contributed by atoms with Crippen molar-refractivity contribution in [3.63, 3.8) is 0 Å². The zero-order valence-corrected chi connectivity index (χ0v) is 18.5. The highest BCUT2D eigenvalue weighted by Gasteiger charge is 2.12. The van der Waals surface area contributed by atoms with Gasteiger partial charge in [0.2, 0.25) is 11.1 Å². The first-order valence-corrected chi connectivity index (χ1v) is 10.5. The molecule has 1 heterocycles. The third-order valence-electron chi connectivity index (χ3n) is 3.98. The summed E-state index contributed by atoms with van der Waals surface area (Å²) in [5.41, 5.74) is 6.28. The number of aromatic nitrogens is 3. The standard InChI is InChI=1S/C19H19Cl2N7OS/c1-11-3-6-16(12(2)7-11)24-17(29)10-30-19-27-26-18(28(19)22)25-23-9-13-4-5-14(20)8-15(13)21/h3-9H,10,22H2,1-2H3,(H,24,29)(H,25,26)/b23-9+. The van der Waals surface area contributed by atoms with Crippen molar-refractivity contribution in [2.24, 2.45) is 5.10 Å². The first-order chi connectivity index (χ1) is 14.3. The van der Waals surface area contributed by atoms with Crippen LogP contribution in [-0.2, 0) is 4.79 Å². The van der Waals surface area contributed by atoms with E-state index in [9.17, 15) is 4.79 Å². The van der Waals surface area contributed by atoms with E-state index in [0.29, 0.717) is 20.8 Å². The molecule has 3 aromatic rings. The molecule has 0 atom stereocenters. The second-order valence-electron chi connectivity index (χ2n) is 6.37. The zero-order valence-electron chi connectivity index (χ0n) is 16.2. The number of thioether (sulfide) groups is 1. The fourth-order valence-electron chi connectivity index (χ4n) is 2.49. The molecule has 4 N–H and O–H groups in total. The lowest BCUT2D eigenvalue weighted by Crippen LogP contribution is -2.17. The molecule has 1 amide bonds. The van der Waals surface area contributed by atoms with Gasteiger partial charge in [0.25, 0.3) is 5.95 Å². The lowest BCUT2D eigenvalue weighted by molar-refractivity contribution is -0.113. The van der Waals surface area contributed by atoms with Gasteiger partial charge in [-0.25, -0.2) is 10.1 Å². The summed E-state index contributed by atoms with van der Waals surface area (Å²) in [6.07, 6.45) is 1.51. The van der Waals surface area contributed by atoms with Gasteiger partial charge in [-0.1, -0.05) is 58.7 Å². The van der Waals surface area contributed by atoms with Crippen LogP contribution in [0.4, 0.5) is 11.6 Å². The molecule has 3 rings (SSSR count). The number of rotatable bonds is 7. The summed E-state index contributed by atoms with van der Waals surface area (Å²) in [4.78, 5) is 12.2. The number of nitrogen functional groups attached to an aromatic ring is 1. The number of carbonyl (C=O) groups is 1. The maximum Gasteiger partial charge on any atom is 0.264 e. The minimum atomic E-state index is -0.167. The Morgan fingerprint density at radius 2 is 2.03 bits per heavy atom. The van der Waals surface area contributed by atoms with Crippen molar-refractivity contribution >= 4 is 58.7 Å². The topological polar surface area (TPSA) is 110 Å². The number of hydrogen-bond donors (Lipinski definition) is 3. The molecular weight excluding hydrogens is 445 g/mol. The van der Waals surface area contributed by atoms with Crippen LogP contribution in [0.5, 0.6) is 0 Å². The van der Waals surface area contributed by atoms with Crippen molar-refractivity contribution < 1.29 is 4.79 Å². The van der Waals surface area contributed by atoms with Gasteiger partial charge in [0.15, 0.2) is 0 Å². The molecule has 0 aliphatic carbocycles. The van der Waals surface area contributed by atoms with Gasteiger partial charge in [-0.15, -0.1) is 10.2 Å². The summed E-state index contributed by atoms with van der Waals surface area (Å²) < 4.78 is 1.22. The van der Waals surface area contributed by atoms with E-state index in [0.717, 1.165) is 28.6 Å². The molecule has 0 radical (unpaired) electrons. The Kier molecular flexibility index (Phi) is 7.20. The number of nitrogens with one attached hydrogen (secondary N) is 2. The van der Waals surface area contributed by atoms with Crippen LogP contribution in [0.1, 0.15) is 16.7 Å². The van der Waals surface area contributed by atoms with Gasteiger partial charge in [0, 0.05) is 16.3 Å². The average Bonchev–Trinajstić information content (AvgIpc) is 3.04. The van der Waals surface area contributed by atoms with Gasteiger partial charge in [-0.3, -0.25) is 4.79 Å². The highest BCUT2D eigenvalue weighted by Crippen LogP contribution is 2.21. The summed E-state index contributed by atoms with van der Waals surface area (Å²) in [6.45, 7) is 3.95. The summed E-state index contributed by atoms with van der Waals surface area (Å²) in [7, 11) is 0. The molecule has 0 bridgehead atoms. The lowest BCUT2D eigenvalue weighted by atomic mass is 10.1. The van der Waals surface area contributed by atoms with Gasteiger partial charge >= 0.3 is 0 Å². The number of nitrogens with two attached hydrogens (primary N) is 1. The predicted molar refractivity (Wildman–Crippen MR) is 123 cm³/mol. The fraction of sp³-hybridized carbons (Fsp3) is 0.158. The van der Waals surface area contributed by atoms with E-state index in [1.807, 2.05) is 32.0 Å². The van der Waals surface area contributed by atoms with E-state index in [-0.39, 0.29) is 17.6 Å². The molecule has 8 nitrogen and oxygen atoms in total. The monoisotopic (exact) mass is 463 g/mol. The number of carbonyl (C=O) groups excluding carboxylic acids is 1. The first-order valence-electron chi connectivity index (χ1n) is 8.78. The predicted octanol–water partition coefficient (Wildman–Crippen LogP) is 4.09. The summed E-state index contributed by atoms with van der Waals surface area (Å²) in [5.74, 6) is 6.15. The fourth-order valence-corrected chi connectivity index (χ4v) is 3.60. The number of benzene rings is 2. The molecule has 0 saturated heterocycles. The normalized spacial score (nSPS) is 11.1. The third kappa shape index (κ3) is 5.65. The molecular formula is C19H19Cl2N7OS. The Morgan fingerprint density at radius 1 is 1.23 bits per heavy atom. The van der Waals surface area contributed by atoms with Gasteiger partial charge in [0.1, 0.15) is 0 Å². The maximum atomic E-state index is 12.2. The molecule has 1 aromatic heterocycles. The Bertz CT molecular complexity index is 1100. The SMILES string of the molecule is Cc1ccc(NC(=O)CSc2nnc(N/N=C/c3ccc(Cl)cc3Cl)n2N)c(C)c1. The third-order valence-corrected chi connectivity index (χ3v) is 5.49. The Labute approximate surface area is 187 Å².